The summed E-state index contributed by atoms with van der Waals surface area (Å²) in [6.07, 6.45) is 2.01. The van der Waals surface area contributed by atoms with Gasteiger partial charge in [0, 0.05) is 24.4 Å². The Morgan fingerprint density at radius 3 is 2.90 bits per heavy atom. The summed E-state index contributed by atoms with van der Waals surface area (Å²) in [6.45, 7) is 3.83. The fourth-order valence-corrected chi connectivity index (χ4v) is 2.89. The summed E-state index contributed by atoms with van der Waals surface area (Å²) >= 11 is 1.69. The van der Waals surface area contributed by atoms with Crippen LogP contribution in [0.3, 0.4) is 0 Å². The largest absolute Gasteiger partial charge is 0.361 e. The molecule has 5 nitrogen and oxygen atoms in total. The average Bonchev–Trinajstić information content (AvgIpc) is 2.44. The van der Waals surface area contributed by atoms with Gasteiger partial charge in [-0.05, 0) is 38.3 Å². The average molecular weight is 307 g/mol. The first-order valence-electron chi connectivity index (χ1n) is 6.91. The molecule has 1 aliphatic heterocycles. The maximum Gasteiger partial charge on any atom is 0.251 e. The standard InChI is InChI=1S/C15H21N3O2S/c1-9(8-21-4)16-15(20)11-5-6-13-12(7-11)17-14(19)10(2)18(13)3/h5-7,9-10H,8H2,1-4H3,(H,16,20)(H,17,19)/t9-,10+/m1/s1. The second-order valence-corrected chi connectivity index (χ2v) is 6.25. The Kier molecular flexibility index (Phi) is 4.77. The minimum Gasteiger partial charge on any atom is -0.361 e. The van der Waals surface area contributed by atoms with Crippen LogP contribution >= 0.6 is 11.8 Å². The predicted molar refractivity (Wildman–Crippen MR) is 88.2 cm³/mol. The predicted octanol–water partition coefficient (Wildman–Crippen LogP) is 1.94. The fraction of sp³-hybridized carbons (Fsp3) is 0.467. The van der Waals surface area contributed by atoms with Gasteiger partial charge in [0.05, 0.1) is 11.4 Å². The smallest absolute Gasteiger partial charge is 0.251 e. The van der Waals surface area contributed by atoms with Crippen LogP contribution in [-0.4, -0.2) is 43.0 Å². The molecule has 0 radical (unpaired) electrons. The number of thioether (sulfide) groups is 1. The Bertz CT molecular complexity index is 562. The van der Waals surface area contributed by atoms with Crippen LogP contribution in [0.5, 0.6) is 0 Å². The lowest BCUT2D eigenvalue weighted by molar-refractivity contribution is -0.117. The van der Waals surface area contributed by atoms with Crippen molar-refractivity contribution in [2.24, 2.45) is 0 Å². The molecule has 0 spiro atoms. The first-order chi connectivity index (χ1) is 9.93. The summed E-state index contributed by atoms with van der Waals surface area (Å²) < 4.78 is 0. The highest BCUT2D eigenvalue weighted by atomic mass is 32.2. The molecule has 2 atom stereocenters. The van der Waals surface area contributed by atoms with Crippen molar-refractivity contribution < 1.29 is 9.59 Å². The van der Waals surface area contributed by atoms with E-state index in [4.69, 9.17) is 0 Å². The lowest BCUT2D eigenvalue weighted by Gasteiger charge is -2.33. The number of benzene rings is 1. The van der Waals surface area contributed by atoms with Crippen molar-refractivity contribution in [1.29, 1.82) is 0 Å². The number of carbonyl (C=O) groups excluding carboxylic acids is 2. The van der Waals surface area contributed by atoms with E-state index in [0.717, 1.165) is 11.4 Å². The van der Waals surface area contributed by atoms with Crippen molar-refractivity contribution in [3.8, 4) is 0 Å². The van der Waals surface area contributed by atoms with E-state index in [1.165, 1.54) is 0 Å². The number of hydrogen-bond acceptors (Lipinski definition) is 4. The minimum atomic E-state index is -0.209. The van der Waals surface area contributed by atoms with E-state index in [1.807, 2.05) is 38.1 Å². The third kappa shape index (κ3) is 3.32. The van der Waals surface area contributed by atoms with Crippen molar-refractivity contribution in [2.45, 2.75) is 25.9 Å². The van der Waals surface area contributed by atoms with Gasteiger partial charge in [0.1, 0.15) is 6.04 Å². The first kappa shape index (κ1) is 15.7. The molecule has 1 aliphatic rings. The summed E-state index contributed by atoms with van der Waals surface area (Å²) in [5, 5.41) is 5.80. The molecule has 0 fully saturated rings. The molecule has 6 heteroatoms. The van der Waals surface area contributed by atoms with Crippen LogP contribution in [0.15, 0.2) is 18.2 Å². The van der Waals surface area contributed by atoms with E-state index in [2.05, 4.69) is 10.6 Å². The van der Waals surface area contributed by atoms with Crippen LogP contribution < -0.4 is 15.5 Å². The quantitative estimate of drug-likeness (QED) is 0.892. The van der Waals surface area contributed by atoms with Crippen LogP contribution in [0.2, 0.25) is 0 Å². The highest BCUT2D eigenvalue weighted by Gasteiger charge is 2.27. The van der Waals surface area contributed by atoms with E-state index >= 15 is 0 Å². The number of nitrogens with one attached hydrogen (secondary N) is 2. The van der Waals surface area contributed by atoms with E-state index in [0.29, 0.717) is 11.3 Å². The zero-order valence-electron chi connectivity index (χ0n) is 12.8. The summed E-state index contributed by atoms with van der Waals surface area (Å²) in [5.41, 5.74) is 2.17. The van der Waals surface area contributed by atoms with Crippen molar-refractivity contribution in [2.75, 3.05) is 29.3 Å². The molecule has 0 bridgehead atoms. The molecule has 0 saturated carbocycles. The van der Waals surface area contributed by atoms with Crippen LogP contribution in [0, 0.1) is 0 Å². The molecule has 0 aliphatic carbocycles. The van der Waals surface area contributed by atoms with E-state index in [-0.39, 0.29) is 23.9 Å². The molecule has 1 heterocycles. The molecule has 21 heavy (non-hydrogen) atoms. The summed E-state index contributed by atoms with van der Waals surface area (Å²) in [6, 6.07) is 5.30. The number of hydrogen-bond donors (Lipinski definition) is 2. The number of likely N-dealkylation sites (N-methyl/N-ethyl adjacent to an activating group) is 1. The van der Waals surface area contributed by atoms with E-state index < -0.39 is 0 Å². The SMILES string of the molecule is CSC[C@@H](C)NC(=O)c1ccc2c(c1)NC(=O)[C@H](C)N2C. The molecule has 1 aromatic rings. The van der Waals surface area contributed by atoms with Gasteiger partial charge in [-0.15, -0.1) is 0 Å². The summed E-state index contributed by atoms with van der Waals surface area (Å²) in [4.78, 5) is 26.0. The van der Waals surface area contributed by atoms with Gasteiger partial charge < -0.3 is 15.5 Å². The van der Waals surface area contributed by atoms with Gasteiger partial charge in [-0.2, -0.15) is 11.8 Å². The Hall–Kier alpha value is -1.69. The maximum absolute atomic E-state index is 12.2. The normalized spacial score (nSPS) is 18.8. The Morgan fingerprint density at radius 2 is 2.24 bits per heavy atom. The molecule has 2 amide bonds. The zero-order chi connectivity index (χ0) is 15.6. The molecular formula is C15H21N3O2S. The molecule has 114 valence electrons. The molecule has 2 N–H and O–H groups in total. The lowest BCUT2D eigenvalue weighted by atomic mass is 10.1. The van der Waals surface area contributed by atoms with Gasteiger partial charge in [0.15, 0.2) is 0 Å². The Labute approximate surface area is 129 Å². The first-order valence-corrected chi connectivity index (χ1v) is 8.31. The molecule has 0 aromatic heterocycles. The molecular weight excluding hydrogens is 286 g/mol. The number of rotatable bonds is 4. The number of carbonyl (C=O) groups is 2. The lowest BCUT2D eigenvalue weighted by Crippen LogP contribution is -2.44. The summed E-state index contributed by atoms with van der Waals surface area (Å²) in [5.74, 6) is 0.696. The van der Waals surface area contributed by atoms with Gasteiger partial charge in [-0.25, -0.2) is 0 Å². The highest BCUT2D eigenvalue weighted by Crippen LogP contribution is 2.31. The van der Waals surface area contributed by atoms with Gasteiger partial charge in [0.2, 0.25) is 5.91 Å². The Morgan fingerprint density at radius 1 is 1.52 bits per heavy atom. The molecule has 0 saturated heterocycles. The highest BCUT2D eigenvalue weighted by molar-refractivity contribution is 7.98. The number of nitrogens with zero attached hydrogens (tertiary/aromatic N) is 1. The third-order valence-corrected chi connectivity index (χ3v) is 4.48. The maximum atomic E-state index is 12.2. The number of anilines is 2. The zero-order valence-corrected chi connectivity index (χ0v) is 13.6. The summed E-state index contributed by atoms with van der Waals surface area (Å²) in [7, 11) is 1.88. The van der Waals surface area contributed by atoms with Crippen LogP contribution in [0.1, 0.15) is 24.2 Å². The van der Waals surface area contributed by atoms with Gasteiger partial charge in [0.25, 0.3) is 5.91 Å². The van der Waals surface area contributed by atoms with E-state index in [1.54, 1.807) is 23.9 Å². The van der Waals surface area contributed by atoms with Crippen molar-refractivity contribution in [1.82, 2.24) is 5.32 Å². The second-order valence-electron chi connectivity index (χ2n) is 5.34. The van der Waals surface area contributed by atoms with E-state index in [9.17, 15) is 9.59 Å². The number of amides is 2. The second kappa shape index (κ2) is 6.39. The minimum absolute atomic E-state index is 0.0571. The van der Waals surface area contributed by atoms with Gasteiger partial charge in [-0.3, -0.25) is 9.59 Å². The van der Waals surface area contributed by atoms with Crippen molar-refractivity contribution >= 4 is 35.0 Å². The van der Waals surface area contributed by atoms with Gasteiger partial charge >= 0.3 is 0 Å². The van der Waals surface area contributed by atoms with Crippen LogP contribution in [0.4, 0.5) is 11.4 Å². The monoisotopic (exact) mass is 307 g/mol. The third-order valence-electron chi connectivity index (χ3n) is 3.65. The number of fused-ring (bicyclic) bond motifs is 1. The fourth-order valence-electron chi connectivity index (χ4n) is 2.31. The topological polar surface area (TPSA) is 61.4 Å². The van der Waals surface area contributed by atoms with Crippen molar-refractivity contribution in [3.05, 3.63) is 23.8 Å². The van der Waals surface area contributed by atoms with Crippen molar-refractivity contribution in [3.63, 3.8) is 0 Å². The van der Waals surface area contributed by atoms with Crippen LogP contribution in [-0.2, 0) is 4.79 Å². The van der Waals surface area contributed by atoms with Crippen LogP contribution in [0.25, 0.3) is 0 Å². The Balaban J connectivity index is 2.20. The molecule has 1 aromatic carbocycles. The van der Waals surface area contributed by atoms with Gasteiger partial charge in [-0.1, -0.05) is 0 Å². The molecule has 2 rings (SSSR count). The molecule has 0 unspecified atom stereocenters.